The van der Waals surface area contributed by atoms with Crippen LogP contribution in [-0.4, -0.2) is 0 Å². The van der Waals surface area contributed by atoms with E-state index < -0.39 is 17.5 Å². The van der Waals surface area contributed by atoms with Crippen LogP contribution in [0.1, 0.15) is 69.8 Å². The number of benzene rings is 1. The molecule has 112 valence electrons. The molecule has 0 unspecified atom stereocenters. The first kappa shape index (κ1) is 15.4. The molecule has 0 spiro atoms. The molecule has 20 heavy (non-hydrogen) atoms. The fourth-order valence-corrected chi connectivity index (χ4v) is 3.28. The molecule has 0 heterocycles. The maximum atomic E-state index is 13.3. The minimum absolute atomic E-state index is 0.182. The lowest BCUT2D eigenvalue weighted by Crippen LogP contribution is -2.14. The van der Waals surface area contributed by atoms with Crippen LogP contribution in [0.3, 0.4) is 0 Å². The molecule has 1 aromatic rings. The summed E-state index contributed by atoms with van der Waals surface area (Å²) in [7, 11) is 0. The normalized spacial score (nSPS) is 23.0. The Hall–Kier alpha value is -0.990. The van der Waals surface area contributed by atoms with Gasteiger partial charge in [0.15, 0.2) is 17.5 Å². The van der Waals surface area contributed by atoms with Gasteiger partial charge in [-0.1, -0.05) is 32.6 Å². The van der Waals surface area contributed by atoms with Crippen molar-refractivity contribution in [2.24, 2.45) is 5.92 Å². The monoisotopic (exact) mass is 284 g/mol. The van der Waals surface area contributed by atoms with E-state index in [4.69, 9.17) is 0 Å². The van der Waals surface area contributed by atoms with Gasteiger partial charge < -0.3 is 0 Å². The highest BCUT2D eigenvalue weighted by molar-refractivity contribution is 5.23. The summed E-state index contributed by atoms with van der Waals surface area (Å²) in [5, 5.41) is 0. The van der Waals surface area contributed by atoms with Crippen LogP contribution >= 0.6 is 0 Å². The molecule has 1 fully saturated rings. The lowest BCUT2D eigenvalue weighted by atomic mass is 9.77. The molecule has 3 heteroatoms. The molecule has 0 nitrogen and oxygen atoms in total. The van der Waals surface area contributed by atoms with Gasteiger partial charge in [-0.25, -0.2) is 13.2 Å². The standard InChI is InChI=1S/C17H23F3/c1-2-3-4-5-12-6-8-13(9-7-12)14-10-15(18)17(20)16(19)11-14/h10-13H,2-9H2,1H3. The van der Waals surface area contributed by atoms with Crippen LogP contribution in [0.25, 0.3) is 0 Å². The zero-order valence-electron chi connectivity index (χ0n) is 12.1. The van der Waals surface area contributed by atoms with Crippen molar-refractivity contribution in [3.05, 3.63) is 35.1 Å². The number of halogens is 3. The summed E-state index contributed by atoms with van der Waals surface area (Å²) in [5.74, 6) is -2.55. The minimum Gasteiger partial charge on any atom is -0.204 e. The van der Waals surface area contributed by atoms with Gasteiger partial charge in [0.25, 0.3) is 0 Å². The topological polar surface area (TPSA) is 0 Å². The largest absolute Gasteiger partial charge is 0.204 e. The summed E-state index contributed by atoms with van der Waals surface area (Å²) < 4.78 is 39.5. The van der Waals surface area contributed by atoms with E-state index in [9.17, 15) is 13.2 Å². The Kier molecular flexibility index (Phi) is 5.50. The highest BCUT2D eigenvalue weighted by Crippen LogP contribution is 2.38. The lowest BCUT2D eigenvalue weighted by molar-refractivity contribution is 0.301. The molecule has 1 saturated carbocycles. The maximum Gasteiger partial charge on any atom is 0.194 e. The van der Waals surface area contributed by atoms with Gasteiger partial charge in [-0.3, -0.25) is 0 Å². The second-order valence-electron chi connectivity index (χ2n) is 6.01. The van der Waals surface area contributed by atoms with E-state index in [2.05, 4.69) is 6.92 Å². The van der Waals surface area contributed by atoms with E-state index in [1.807, 2.05) is 0 Å². The van der Waals surface area contributed by atoms with Crippen molar-refractivity contribution in [2.75, 3.05) is 0 Å². The molecule has 0 bridgehead atoms. The summed E-state index contributed by atoms with van der Waals surface area (Å²) in [6.07, 6.45) is 9.24. The van der Waals surface area contributed by atoms with Crippen molar-refractivity contribution in [1.29, 1.82) is 0 Å². The third kappa shape index (κ3) is 3.77. The highest BCUT2D eigenvalue weighted by Gasteiger charge is 2.24. The second kappa shape index (κ2) is 7.14. The molecule has 1 aliphatic rings. The van der Waals surface area contributed by atoms with E-state index in [-0.39, 0.29) is 5.92 Å². The average Bonchev–Trinajstić information content (AvgIpc) is 2.45. The van der Waals surface area contributed by atoms with Gasteiger partial charge >= 0.3 is 0 Å². The van der Waals surface area contributed by atoms with Gasteiger partial charge in [-0.2, -0.15) is 0 Å². The Morgan fingerprint density at radius 3 is 2.10 bits per heavy atom. The predicted octanol–water partition coefficient (Wildman–Crippen LogP) is 5.96. The molecule has 0 atom stereocenters. The number of hydrogen-bond donors (Lipinski definition) is 0. The molecule has 1 aromatic carbocycles. The van der Waals surface area contributed by atoms with E-state index >= 15 is 0 Å². The molecule has 0 amide bonds. The summed E-state index contributed by atoms with van der Waals surface area (Å²) in [6.45, 7) is 2.20. The first-order valence-corrected chi connectivity index (χ1v) is 7.76. The van der Waals surface area contributed by atoms with Crippen LogP contribution in [-0.2, 0) is 0 Å². The van der Waals surface area contributed by atoms with E-state index in [1.165, 1.54) is 37.8 Å². The van der Waals surface area contributed by atoms with Gasteiger partial charge in [0, 0.05) is 0 Å². The smallest absolute Gasteiger partial charge is 0.194 e. The molecule has 0 radical (unpaired) electrons. The summed E-state index contributed by atoms with van der Waals surface area (Å²) in [4.78, 5) is 0. The lowest BCUT2D eigenvalue weighted by Gasteiger charge is -2.29. The zero-order valence-corrected chi connectivity index (χ0v) is 12.1. The number of rotatable bonds is 5. The van der Waals surface area contributed by atoms with Crippen LogP contribution in [0.2, 0.25) is 0 Å². The van der Waals surface area contributed by atoms with E-state index in [0.717, 1.165) is 31.6 Å². The van der Waals surface area contributed by atoms with Gasteiger partial charge in [-0.15, -0.1) is 0 Å². The second-order valence-corrected chi connectivity index (χ2v) is 6.01. The van der Waals surface area contributed by atoms with Crippen LogP contribution in [0, 0.1) is 23.4 Å². The maximum absolute atomic E-state index is 13.3. The van der Waals surface area contributed by atoms with Crippen LogP contribution < -0.4 is 0 Å². The van der Waals surface area contributed by atoms with E-state index in [1.54, 1.807) is 0 Å². The molecule has 0 saturated heterocycles. The van der Waals surface area contributed by atoms with Crippen LogP contribution in [0.15, 0.2) is 12.1 Å². The van der Waals surface area contributed by atoms with Crippen molar-refractivity contribution in [2.45, 2.75) is 64.2 Å². The van der Waals surface area contributed by atoms with Gasteiger partial charge in [0.2, 0.25) is 0 Å². The predicted molar refractivity (Wildman–Crippen MR) is 75.2 cm³/mol. The van der Waals surface area contributed by atoms with E-state index in [0.29, 0.717) is 5.56 Å². The molecule has 0 aliphatic heterocycles. The zero-order chi connectivity index (χ0) is 14.5. The number of hydrogen-bond acceptors (Lipinski definition) is 0. The summed E-state index contributed by atoms with van der Waals surface area (Å²) in [6, 6.07) is 2.33. The van der Waals surface area contributed by atoms with Crippen molar-refractivity contribution in [3.8, 4) is 0 Å². The van der Waals surface area contributed by atoms with Gasteiger partial charge in [0.1, 0.15) is 0 Å². The van der Waals surface area contributed by atoms with Gasteiger partial charge in [-0.05, 0) is 55.2 Å². The first-order chi connectivity index (χ1) is 9.61. The fraction of sp³-hybridized carbons (Fsp3) is 0.647. The first-order valence-electron chi connectivity index (χ1n) is 7.76. The third-order valence-electron chi connectivity index (χ3n) is 4.54. The molecular formula is C17H23F3. The summed E-state index contributed by atoms with van der Waals surface area (Å²) in [5.41, 5.74) is 0.619. The molecular weight excluding hydrogens is 261 g/mol. The highest BCUT2D eigenvalue weighted by atomic mass is 19.2. The Balaban J connectivity index is 1.90. The minimum atomic E-state index is -1.36. The SMILES string of the molecule is CCCCCC1CCC(c2cc(F)c(F)c(F)c2)CC1. The number of unbranched alkanes of at least 4 members (excludes halogenated alkanes) is 2. The molecule has 0 N–H and O–H groups in total. The van der Waals surface area contributed by atoms with Crippen molar-refractivity contribution in [1.82, 2.24) is 0 Å². The van der Waals surface area contributed by atoms with Crippen molar-refractivity contribution in [3.63, 3.8) is 0 Å². The Labute approximate surface area is 119 Å². The van der Waals surface area contributed by atoms with Gasteiger partial charge in [0.05, 0.1) is 0 Å². The van der Waals surface area contributed by atoms with Crippen LogP contribution in [0.5, 0.6) is 0 Å². The molecule has 0 aromatic heterocycles. The Morgan fingerprint density at radius 2 is 1.55 bits per heavy atom. The quantitative estimate of drug-likeness (QED) is 0.462. The van der Waals surface area contributed by atoms with Crippen LogP contribution in [0.4, 0.5) is 13.2 Å². The molecule has 2 rings (SSSR count). The summed E-state index contributed by atoms with van der Waals surface area (Å²) >= 11 is 0. The Morgan fingerprint density at radius 1 is 0.950 bits per heavy atom. The average molecular weight is 284 g/mol. The molecule has 1 aliphatic carbocycles. The Bertz CT molecular complexity index is 411. The van der Waals surface area contributed by atoms with Crippen molar-refractivity contribution < 1.29 is 13.2 Å². The third-order valence-corrected chi connectivity index (χ3v) is 4.54. The fourth-order valence-electron chi connectivity index (χ4n) is 3.28. The van der Waals surface area contributed by atoms with Crippen molar-refractivity contribution >= 4 is 0 Å².